The predicted octanol–water partition coefficient (Wildman–Crippen LogP) is 23.9. The van der Waals surface area contributed by atoms with Crippen LogP contribution in [0.4, 0.5) is 28.4 Å². The molecule has 0 aliphatic carbocycles. The zero-order valence-corrected chi connectivity index (χ0v) is 57.6. The van der Waals surface area contributed by atoms with Crippen LogP contribution in [0.15, 0.2) is 180 Å². The van der Waals surface area contributed by atoms with Crippen LogP contribution in [0.3, 0.4) is 0 Å². The smallest absolute Gasteiger partial charge is 0.229 e. The van der Waals surface area contributed by atoms with Gasteiger partial charge in [-0.25, -0.2) is 9.83 Å². The van der Waals surface area contributed by atoms with E-state index in [-0.39, 0.29) is 54.6 Å². The van der Waals surface area contributed by atoms with Gasteiger partial charge < -0.3 is 23.5 Å². The summed E-state index contributed by atoms with van der Waals surface area (Å²) < 4.78 is 16.2. The van der Waals surface area contributed by atoms with E-state index in [1.165, 1.54) is 33.4 Å². The molecule has 12 aromatic rings. The number of para-hydroxylation sites is 3. The Morgan fingerprint density at radius 2 is 1.08 bits per heavy atom. The largest absolute Gasteiger partial charge is 0.509 e. The van der Waals surface area contributed by atoms with Gasteiger partial charge in [-0.2, -0.15) is 6.07 Å². The van der Waals surface area contributed by atoms with E-state index in [0.29, 0.717) is 28.4 Å². The summed E-state index contributed by atoms with van der Waals surface area (Å²) in [6.07, 6.45) is 1.89. The Bertz CT molecular complexity index is 4730. The van der Waals surface area contributed by atoms with Gasteiger partial charge in [0.2, 0.25) is 5.69 Å². The Kier molecular flexibility index (Phi) is 15.9. The van der Waals surface area contributed by atoms with Crippen molar-refractivity contribution >= 4 is 72.2 Å². The van der Waals surface area contributed by atoms with E-state index < -0.39 is 0 Å². The van der Waals surface area contributed by atoms with Crippen molar-refractivity contribution in [3.63, 3.8) is 0 Å². The first-order valence-corrected chi connectivity index (χ1v) is 31.8. The molecule has 8 heteroatoms. The summed E-state index contributed by atoms with van der Waals surface area (Å²) in [4.78, 5) is 13.6. The summed E-state index contributed by atoms with van der Waals surface area (Å²) in [5.41, 5.74) is 21.5. The Hall–Kier alpha value is -8.69. The van der Waals surface area contributed by atoms with Crippen molar-refractivity contribution in [1.29, 1.82) is 0 Å². The first-order valence-electron chi connectivity index (χ1n) is 31.8. The summed E-state index contributed by atoms with van der Waals surface area (Å²) in [7, 11) is 0. The number of hydrogen-bond acceptors (Lipinski definition) is 5. The maximum absolute atomic E-state index is 8.02. The first-order chi connectivity index (χ1) is 42.7. The third-order valence-corrected chi connectivity index (χ3v) is 18.2. The topological polar surface area (TPSA) is 51.0 Å². The maximum Gasteiger partial charge on any atom is 0.229 e. The van der Waals surface area contributed by atoms with Crippen LogP contribution in [-0.4, -0.2) is 9.55 Å². The minimum absolute atomic E-state index is 0. The van der Waals surface area contributed by atoms with Gasteiger partial charge in [0, 0.05) is 83.2 Å². The molecule has 0 saturated heterocycles. The number of furan rings is 1. The van der Waals surface area contributed by atoms with Crippen molar-refractivity contribution in [2.24, 2.45) is 0 Å². The van der Waals surface area contributed by atoms with E-state index in [2.05, 4.69) is 294 Å². The van der Waals surface area contributed by atoms with E-state index in [1.807, 2.05) is 30.5 Å². The molecule has 9 aromatic carbocycles. The second-order valence-electron chi connectivity index (χ2n) is 29.3. The number of anilines is 4. The number of benzene rings is 9. The number of pyridine rings is 1. The summed E-state index contributed by atoms with van der Waals surface area (Å²) in [6.45, 7) is 46.7. The van der Waals surface area contributed by atoms with Crippen molar-refractivity contribution in [2.45, 2.75) is 144 Å². The molecule has 4 heterocycles. The minimum atomic E-state index is -0.151. The molecule has 0 spiro atoms. The fourth-order valence-corrected chi connectivity index (χ4v) is 13.0. The molecule has 0 radical (unpaired) electrons. The van der Waals surface area contributed by atoms with Crippen LogP contribution in [0.5, 0.6) is 11.5 Å². The molecule has 13 rings (SSSR count). The number of ether oxygens (including phenoxy) is 1. The van der Waals surface area contributed by atoms with Gasteiger partial charge in [-0.1, -0.05) is 219 Å². The Morgan fingerprint density at radius 1 is 0.516 bits per heavy atom. The third kappa shape index (κ3) is 11.3. The monoisotopic (exact) mass is 1370 g/mol. The van der Waals surface area contributed by atoms with Crippen LogP contribution < -0.4 is 14.5 Å². The van der Waals surface area contributed by atoms with Crippen LogP contribution in [0.2, 0.25) is 0 Å². The van der Waals surface area contributed by atoms with Crippen LogP contribution in [-0.2, 0) is 42.7 Å². The fraction of sp³-hybridized carbons (Fsp3) is 0.265. The molecule has 0 fully saturated rings. The molecule has 0 N–H and O–H groups in total. The summed E-state index contributed by atoms with van der Waals surface area (Å²) in [5.74, 6) is 2.30. The quantitative estimate of drug-likeness (QED) is 0.128. The van der Waals surface area contributed by atoms with Gasteiger partial charge in [-0.05, 0) is 137 Å². The van der Waals surface area contributed by atoms with Gasteiger partial charge in [0.1, 0.15) is 17.0 Å². The molecule has 462 valence electrons. The Balaban J connectivity index is 0.00000800. The first kappa shape index (κ1) is 62.5. The van der Waals surface area contributed by atoms with Crippen molar-refractivity contribution in [2.75, 3.05) is 9.80 Å². The second-order valence-corrected chi connectivity index (χ2v) is 29.3. The van der Waals surface area contributed by atoms with Gasteiger partial charge in [0.15, 0.2) is 0 Å². The molecule has 7 nitrogen and oxygen atoms in total. The normalized spacial score (nSPS) is 13.1. The van der Waals surface area contributed by atoms with Crippen molar-refractivity contribution < 1.29 is 30.2 Å². The molecule has 0 amide bonds. The van der Waals surface area contributed by atoms with Crippen LogP contribution in [0, 0.1) is 25.4 Å². The molecule has 1 aliphatic heterocycles. The van der Waals surface area contributed by atoms with E-state index in [1.54, 1.807) is 0 Å². The summed E-state index contributed by atoms with van der Waals surface area (Å²) in [6, 6.07) is 69.4. The van der Waals surface area contributed by atoms with Gasteiger partial charge in [0.05, 0.1) is 6.57 Å². The van der Waals surface area contributed by atoms with E-state index in [0.717, 1.165) is 94.5 Å². The molecule has 1 aliphatic rings. The zero-order chi connectivity index (χ0) is 63.5. The van der Waals surface area contributed by atoms with Gasteiger partial charge in [-0.15, -0.1) is 48.3 Å². The van der Waals surface area contributed by atoms with E-state index in [4.69, 9.17) is 20.7 Å². The standard InChI is InChI=1S/C83H80N5O2.Pt/c1-50(2)62-22-20-23-63(51(3)4)75(62)54-42-59(47-61(43-54)89-60-36-37-66-73(48-60)88(74-46-57(40-41-85-74)82(11,12)13)72-39-38-65-64-24-21-25-69(84-17)78(64)90-79(65)76(66)72)86-49-87(71-27-19-18-26-70(71)86)77-67(52-28-32-55(33-29-52)80(5,6)7)44-58(83(14,15)16)45-68(77)53-30-34-56(35-31-53)81(8,9)10;/h18-46,49-51H,1-16H3;/q-3;. The van der Waals surface area contributed by atoms with Gasteiger partial charge >= 0.3 is 0 Å². The average Bonchev–Trinajstić information content (AvgIpc) is 1.67. The van der Waals surface area contributed by atoms with Crippen LogP contribution in [0.25, 0.3) is 87.8 Å². The predicted molar refractivity (Wildman–Crippen MR) is 377 cm³/mol. The number of hydrogen-bond donors (Lipinski definition) is 0. The molecule has 0 saturated carbocycles. The summed E-state index contributed by atoms with van der Waals surface area (Å²) in [5, 5.41) is 3.69. The van der Waals surface area contributed by atoms with E-state index >= 15 is 0 Å². The van der Waals surface area contributed by atoms with Crippen LogP contribution in [0.1, 0.15) is 156 Å². The molecule has 0 unspecified atom stereocenters. The third-order valence-electron chi connectivity index (χ3n) is 18.2. The van der Waals surface area contributed by atoms with E-state index in [9.17, 15) is 0 Å². The van der Waals surface area contributed by atoms with Crippen molar-refractivity contribution in [1.82, 2.24) is 9.55 Å². The van der Waals surface area contributed by atoms with Crippen molar-refractivity contribution in [3.05, 3.63) is 240 Å². The molecular formula is C83H80N5O2Pt-3. The number of aromatic nitrogens is 2. The second kappa shape index (κ2) is 23.2. The maximum atomic E-state index is 8.02. The summed E-state index contributed by atoms with van der Waals surface area (Å²) >= 11 is 0. The fourth-order valence-electron chi connectivity index (χ4n) is 13.0. The Labute approximate surface area is 552 Å². The molecule has 0 bridgehead atoms. The van der Waals surface area contributed by atoms with Crippen molar-refractivity contribution in [3.8, 4) is 50.7 Å². The SMILES string of the molecule is [C-]#[N+]c1cccc2c1oc1c2ccc2c1c1ccc(Oc3[c-]c(N4[CH-]N(c5c(-c6ccc(C(C)(C)C)cc6)cc(C(C)(C)C)cc5-c5ccc(C(C)(C)C)cc5)c5ccccc54)cc(-c4c(C(C)C)cccc4C(C)C)c3)[c-]c1n2-c1cc(C(C)(C)C)ccn1.[Pt]. The average molecular weight is 1370 g/mol. The van der Waals surface area contributed by atoms with Gasteiger partial charge in [0.25, 0.3) is 0 Å². The molecule has 3 aromatic heterocycles. The Morgan fingerprint density at radius 3 is 1.65 bits per heavy atom. The number of fused-ring (bicyclic) bond motifs is 8. The molecule has 0 atom stereocenters. The molecular weight excluding hydrogens is 1290 g/mol. The number of nitrogens with zero attached hydrogens (tertiary/aromatic N) is 5. The molecule has 91 heavy (non-hydrogen) atoms. The van der Waals surface area contributed by atoms with Gasteiger partial charge in [-0.3, -0.25) is 0 Å². The minimum Gasteiger partial charge on any atom is -0.509 e. The zero-order valence-electron chi connectivity index (χ0n) is 55.3. The number of rotatable bonds is 10. The van der Waals surface area contributed by atoms with Crippen LogP contribution >= 0.6 is 0 Å².